The Morgan fingerprint density at radius 1 is 1.17 bits per heavy atom. The molecule has 1 aliphatic rings. The summed E-state index contributed by atoms with van der Waals surface area (Å²) in [4.78, 5) is 23.3. The average Bonchev–Trinajstić information content (AvgIpc) is 3.06. The lowest BCUT2D eigenvalue weighted by Crippen LogP contribution is -2.35. The largest absolute Gasteiger partial charge is 0.479 e. The van der Waals surface area contributed by atoms with Gasteiger partial charge in [0.1, 0.15) is 0 Å². The third-order valence-electron chi connectivity index (χ3n) is 4.11. The smallest absolute Gasteiger partial charge is 0.330 e. The molecule has 1 aromatic rings. The van der Waals surface area contributed by atoms with E-state index in [1.54, 1.807) is 30.3 Å². The highest BCUT2D eigenvalue weighted by Crippen LogP contribution is 2.25. The lowest BCUT2D eigenvalue weighted by atomic mass is 10.1. The van der Waals surface area contributed by atoms with Crippen LogP contribution >= 0.6 is 0 Å². The maximum Gasteiger partial charge on any atom is 0.330 e. The third-order valence-corrected chi connectivity index (χ3v) is 6.37. The Labute approximate surface area is 135 Å². The number of hydrogen-bond donors (Lipinski definition) is 2. The van der Waals surface area contributed by atoms with E-state index in [2.05, 4.69) is 5.32 Å². The van der Waals surface area contributed by atoms with Crippen molar-refractivity contribution in [3.8, 4) is 0 Å². The van der Waals surface area contributed by atoms with E-state index >= 15 is 0 Å². The molecule has 0 heterocycles. The molecule has 126 valence electrons. The topological polar surface area (TPSA) is 101 Å². The van der Waals surface area contributed by atoms with E-state index in [-0.39, 0.29) is 17.4 Å². The van der Waals surface area contributed by atoms with Crippen molar-refractivity contribution in [1.29, 1.82) is 0 Å². The number of carbonyl (C=O) groups is 2. The number of amides is 1. The molecule has 6 nitrogen and oxygen atoms in total. The van der Waals surface area contributed by atoms with Gasteiger partial charge in [-0.1, -0.05) is 43.2 Å². The lowest BCUT2D eigenvalue weighted by Gasteiger charge is -2.15. The van der Waals surface area contributed by atoms with Crippen LogP contribution in [0.4, 0.5) is 0 Å². The molecular weight excluding hydrogens is 318 g/mol. The molecule has 0 aliphatic heterocycles. The van der Waals surface area contributed by atoms with Gasteiger partial charge in [-0.15, -0.1) is 0 Å². The fraction of sp³-hybridized carbons (Fsp3) is 0.500. The summed E-state index contributed by atoms with van der Waals surface area (Å²) in [5.41, 5.74) is 0.451. The first-order valence-corrected chi connectivity index (χ1v) is 9.40. The molecule has 0 unspecified atom stereocenters. The van der Waals surface area contributed by atoms with E-state index in [0.29, 0.717) is 18.4 Å². The van der Waals surface area contributed by atoms with Gasteiger partial charge < -0.3 is 10.4 Å². The summed E-state index contributed by atoms with van der Waals surface area (Å²) < 4.78 is 24.3. The zero-order chi connectivity index (χ0) is 16.9. The fourth-order valence-corrected chi connectivity index (χ4v) is 4.67. The van der Waals surface area contributed by atoms with Crippen LogP contribution in [-0.4, -0.2) is 36.4 Å². The van der Waals surface area contributed by atoms with Crippen molar-refractivity contribution >= 4 is 21.7 Å². The second kappa shape index (κ2) is 7.59. The van der Waals surface area contributed by atoms with E-state index in [4.69, 9.17) is 0 Å². The van der Waals surface area contributed by atoms with Gasteiger partial charge in [0.15, 0.2) is 15.9 Å². The van der Waals surface area contributed by atoms with Crippen LogP contribution in [0, 0.1) is 0 Å². The van der Waals surface area contributed by atoms with E-state index in [9.17, 15) is 23.1 Å². The van der Waals surface area contributed by atoms with Gasteiger partial charge in [0.2, 0.25) is 5.91 Å². The Hall–Kier alpha value is -1.89. The van der Waals surface area contributed by atoms with Crippen molar-refractivity contribution in [3.63, 3.8) is 0 Å². The van der Waals surface area contributed by atoms with E-state index in [1.807, 2.05) is 0 Å². The summed E-state index contributed by atoms with van der Waals surface area (Å²) in [6, 6.07) is 7.16. The van der Waals surface area contributed by atoms with Crippen LogP contribution in [0.1, 0.15) is 43.7 Å². The zero-order valence-electron chi connectivity index (χ0n) is 12.8. The van der Waals surface area contributed by atoms with Crippen molar-refractivity contribution in [2.45, 2.75) is 43.4 Å². The minimum Gasteiger partial charge on any atom is -0.479 e. The highest BCUT2D eigenvalue weighted by molar-refractivity contribution is 7.92. The molecule has 23 heavy (non-hydrogen) atoms. The van der Waals surface area contributed by atoms with Crippen LogP contribution in [0.25, 0.3) is 0 Å². The van der Waals surface area contributed by atoms with Gasteiger partial charge >= 0.3 is 5.97 Å². The number of carbonyl (C=O) groups excluding carboxylic acids is 1. The summed E-state index contributed by atoms with van der Waals surface area (Å²) in [5, 5.41) is 11.3. The van der Waals surface area contributed by atoms with Crippen LogP contribution in [-0.2, 0) is 19.4 Å². The predicted octanol–water partition coefficient (Wildman–Crippen LogP) is 1.68. The SMILES string of the molecule is O=C(CCS(=O)(=O)C1CCCC1)N[C@H](C(=O)O)c1ccccc1. The third kappa shape index (κ3) is 4.79. The molecule has 0 saturated heterocycles. The Balaban J connectivity index is 1.93. The van der Waals surface area contributed by atoms with E-state index in [0.717, 1.165) is 12.8 Å². The molecule has 0 spiro atoms. The molecule has 0 radical (unpaired) electrons. The molecule has 1 fully saturated rings. The molecule has 2 rings (SSSR count). The highest BCUT2D eigenvalue weighted by atomic mass is 32.2. The van der Waals surface area contributed by atoms with E-state index in [1.165, 1.54) is 0 Å². The predicted molar refractivity (Wildman–Crippen MR) is 85.6 cm³/mol. The standard InChI is InChI=1S/C16H21NO5S/c18-14(10-11-23(21,22)13-8-4-5-9-13)17-15(16(19)20)12-6-2-1-3-7-12/h1-3,6-7,13,15H,4-5,8-11H2,(H,17,18)(H,19,20)/t15-/m0/s1. The minimum absolute atomic E-state index is 0.213. The second-order valence-electron chi connectivity index (χ2n) is 5.77. The molecule has 1 aromatic carbocycles. The van der Waals surface area contributed by atoms with Crippen molar-refractivity contribution in [2.75, 3.05) is 5.75 Å². The van der Waals surface area contributed by atoms with Crippen molar-refractivity contribution < 1.29 is 23.1 Å². The Morgan fingerprint density at radius 2 is 1.78 bits per heavy atom. The number of carboxylic acids is 1. The normalized spacial score (nSPS) is 16.9. The number of carboxylic acid groups (broad SMARTS) is 1. The van der Waals surface area contributed by atoms with E-state index < -0.39 is 27.8 Å². The maximum atomic E-state index is 12.1. The number of sulfone groups is 1. The van der Waals surface area contributed by atoms with Gasteiger partial charge in [0.25, 0.3) is 0 Å². The highest BCUT2D eigenvalue weighted by Gasteiger charge is 2.29. The Bertz CT molecular complexity index is 650. The average molecular weight is 339 g/mol. The van der Waals surface area contributed by atoms with Gasteiger partial charge in [-0.05, 0) is 18.4 Å². The van der Waals surface area contributed by atoms with Crippen LogP contribution in [0.15, 0.2) is 30.3 Å². The Morgan fingerprint density at radius 3 is 2.35 bits per heavy atom. The van der Waals surface area contributed by atoms with Gasteiger partial charge in [0.05, 0.1) is 11.0 Å². The van der Waals surface area contributed by atoms with Gasteiger partial charge in [-0.3, -0.25) is 4.79 Å². The molecule has 1 amide bonds. The number of benzene rings is 1. The van der Waals surface area contributed by atoms with Crippen LogP contribution in [0.2, 0.25) is 0 Å². The molecule has 0 bridgehead atoms. The summed E-state index contributed by atoms with van der Waals surface area (Å²) >= 11 is 0. The Kier molecular flexibility index (Phi) is 5.76. The number of rotatable bonds is 7. The van der Waals surface area contributed by atoms with Crippen molar-refractivity contribution in [3.05, 3.63) is 35.9 Å². The first-order valence-electron chi connectivity index (χ1n) is 7.69. The van der Waals surface area contributed by atoms with Gasteiger partial charge in [-0.2, -0.15) is 0 Å². The monoisotopic (exact) mass is 339 g/mol. The molecule has 7 heteroatoms. The second-order valence-corrected chi connectivity index (χ2v) is 8.17. The molecular formula is C16H21NO5S. The quantitative estimate of drug-likeness (QED) is 0.787. The number of aliphatic carboxylic acids is 1. The number of nitrogens with one attached hydrogen (secondary N) is 1. The molecule has 1 saturated carbocycles. The van der Waals surface area contributed by atoms with Crippen molar-refractivity contribution in [1.82, 2.24) is 5.32 Å². The van der Waals surface area contributed by atoms with Crippen LogP contribution in [0.3, 0.4) is 0 Å². The molecule has 0 aromatic heterocycles. The van der Waals surface area contributed by atoms with Crippen LogP contribution in [0.5, 0.6) is 0 Å². The fourth-order valence-electron chi connectivity index (χ4n) is 2.82. The zero-order valence-corrected chi connectivity index (χ0v) is 13.6. The minimum atomic E-state index is -3.28. The molecule has 1 atom stereocenters. The molecule has 1 aliphatic carbocycles. The summed E-state index contributed by atoms with van der Waals surface area (Å²) in [6.07, 6.45) is 2.92. The summed E-state index contributed by atoms with van der Waals surface area (Å²) in [7, 11) is -3.28. The van der Waals surface area contributed by atoms with Gasteiger partial charge in [0, 0.05) is 6.42 Å². The summed E-state index contributed by atoms with van der Waals surface area (Å²) in [5.74, 6) is -1.98. The lowest BCUT2D eigenvalue weighted by molar-refractivity contribution is -0.142. The first-order chi connectivity index (χ1) is 10.9. The maximum absolute atomic E-state index is 12.1. The van der Waals surface area contributed by atoms with Crippen LogP contribution < -0.4 is 5.32 Å². The number of hydrogen-bond acceptors (Lipinski definition) is 4. The summed E-state index contributed by atoms with van der Waals surface area (Å²) in [6.45, 7) is 0. The van der Waals surface area contributed by atoms with Gasteiger partial charge in [-0.25, -0.2) is 13.2 Å². The van der Waals surface area contributed by atoms with Crippen molar-refractivity contribution in [2.24, 2.45) is 0 Å². The molecule has 2 N–H and O–H groups in total. The first kappa shape index (κ1) is 17.5.